The molecular weight excluding hydrogens is 762 g/mol. The summed E-state index contributed by atoms with van der Waals surface area (Å²) in [6.45, 7) is 0. The van der Waals surface area contributed by atoms with Gasteiger partial charge in [0.25, 0.3) is 0 Å². The minimum absolute atomic E-state index is 1.39. The Morgan fingerprint density at radius 2 is 0.511 bits per heavy atom. The average molecular weight is 766 g/mol. The van der Waals surface area contributed by atoms with Gasteiger partial charge >= 0.3 is 77.6 Å². The van der Waals surface area contributed by atoms with Gasteiger partial charge < -0.3 is 10.2 Å². The van der Waals surface area contributed by atoms with Crippen LogP contribution in [0.3, 0.4) is 0 Å². The minimum atomic E-state index is -8.17. The number of rotatable bonds is 11. The molecule has 0 aromatic carbocycles. The van der Waals surface area contributed by atoms with Crippen LogP contribution in [0, 0.1) is 0 Å². The zero-order valence-electron chi connectivity index (χ0n) is 20.2. The van der Waals surface area contributed by atoms with E-state index in [0.717, 1.165) is 0 Å². The molecule has 0 amide bonds. The van der Waals surface area contributed by atoms with E-state index in [1.807, 2.05) is 0 Å². The van der Waals surface area contributed by atoms with Crippen LogP contribution in [-0.4, -0.2) is 87.8 Å². The van der Waals surface area contributed by atoms with E-state index in [1.54, 1.807) is 0 Å². The molecule has 0 spiro atoms. The predicted molar refractivity (Wildman–Crippen MR) is 90.3 cm³/mol. The highest BCUT2D eigenvalue weighted by Gasteiger charge is 2.91. The number of hydrogen-bond donors (Lipinski definition) is 2. The van der Waals surface area contributed by atoms with E-state index in [1.165, 1.54) is 0 Å². The number of carboxylic acids is 2. The molecule has 0 unspecified atom stereocenters. The smallest absolute Gasteiger partial charge is 0.460 e. The van der Waals surface area contributed by atoms with Crippen molar-refractivity contribution in [1.82, 2.24) is 0 Å². The van der Waals surface area contributed by atoms with Crippen molar-refractivity contribution in [2.75, 3.05) is 0 Å². The van der Waals surface area contributed by atoms with Crippen molar-refractivity contribution in [3.8, 4) is 0 Å². The Bertz CT molecular complexity index is 1220. The Balaban J connectivity index is 0. The zero-order chi connectivity index (χ0) is 39.2. The van der Waals surface area contributed by atoms with Crippen LogP contribution in [0.1, 0.15) is 0 Å². The van der Waals surface area contributed by atoms with Gasteiger partial charge in [-0.15, -0.1) is 0 Å². The molecule has 0 rings (SSSR count). The predicted octanol–water partition coefficient (Wildman–Crippen LogP) is 8.69. The molecule has 4 nitrogen and oxygen atoms in total. The monoisotopic (exact) mass is 766 g/mol. The van der Waals surface area contributed by atoms with Gasteiger partial charge in [-0.25, -0.2) is 18.4 Å². The standard InChI is InChI=1S/C9H2F14O2.C8H2F12O2/c10-2(1-3(24)25)4(11,12)5(13,14)6(15,16)7(17,18)8(19,20)9(21,22)23;9-2(1-3(21)22)4(10,11)5(12,13)6(14,15)7(16,17)8(18,19)20/h1H,(H,24,25);1H,(H,21,22). The highest BCUT2D eigenvalue weighted by atomic mass is 19.4. The van der Waals surface area contributed by atoms with Crippen LogP contribution in [0.4, 0.5) is 114 Å². The Hall–Kier alpha value is -3.40. The van der Waals surface area contributed by atoms with Crippen LogP contribution >= 0.6 is 0 Å². The SMILES string of the molecule is O=C(O)C=C(F)C(F)(F)C(F)(F)C(F)(F)C(F)(F)C(F)(F)C(F)(F)F.O=C(O)C=C(F)C(F)(F)C(F)(F)C(F)(F)C(F)(F)C(F)(F)F. The average Bonchev–Trinajstić information content (AvgIpc) is 2.81. The number of aliphatic carboxylic acids is 2. The van der Waals surface area contributed by atoms with E-state index in [0.29, 0.717) is 0 Å². The molecule has 0 aliphatic rings. The summed E-state index contributed by atoms with van der Waals surface area (Å²) in [5.74, 6) is -82.7. The van der Waals surface area contributed by atoms with Crippen LogP contribution in [0.2, 0.25) is 0 Å². The van der Waals surface area contributed by atoms with Gasteiger partial charge in [0.15, 0.2) is 11.7 Å². The van der Waals surface area contributed by atoms with Gasteiger partial charge in [-0.2, -0.15) is 105 Å². The van der Waals surface area contributed by atoms with Crippen LogP contribution in [0.5, 0.6) is 0 Å². The van der Waals surface area contributed by atoms with Crippen molar-refractivity contribution < 1.29 is 134 Å². The molecule has 0 aliphatic heterocycles. The molecule has 0 saturated carbocycles. The number of alkyl halides is 24. The van der Waals surface area contributed by atoms with Crippen molar-refractivity contribution in [1.29, 1.82) is 0 Å². The van der Waals surface area contributed by atoms with E-state index >= 15 is 0 Å². The third-order valence-corrected chi connectivity index (χ3v) is 4.57. The summed E-state index contributed by atoms with van der Waals surface area (Å²) in [5.41, 5.74) is 0. The Labute approximate surface area is 236 Å². The number of carbonyl (C=O) groups is 2. The highest BCUT2D eigenvalue weighted by molar-refractivity contribution is 5.81. The fourth-order valence-electron chi connectivity index (χ4n) is 2.04. The Kier molecular flexibility index (Phi) is 12.2. The topological polar surface area (TPSA) is 74.6 Å². The second kappa shape index (κ2) is 12.6. The summed E-state index contributed by atoms with van der Waals surface area (Å²) in [5, 5.41) is 15.6. The zero-order valence-corrected chi connectivity index (χ0v) is 20.2. The van der Waals surface area contributed by atoms with Gasteiger partial charge in [0.1, 0.15) is 0 Å². The first-order valence-electron chi connectivity index (χ1n) is 9.67. The maximum atomic E-state index is 12.9. The molecule has 0 bridgehead atoms. The van der Waals surface area contributed by atoms with Crippen molar-refractivity contribution in [2.45, 2.75) is 65.7 Å². The third kappa shape index (κ3) is 7.37. The second-order valence-corrected chi connectivity index (χ2v) is 7.83. The van der Waals surface area contributed by atoms with Crippen LogP contribution < -0.4 is 0 Å². The van der Waals surface area contributed by atoms with Crippen LogP contribution in [0.15, 0.2) is 23.8 Å². The minimum Gasteiger partial charge on any atom is -0.478 e. The summed E-state index contributed by atoms with van der Waals surface area (Å²) in [6.07, 6.45) is -17.9. The second-order valence-electron chi connectivity index (χ2n) is 7.83. The van der Waals surface area contributed by atoms with Crippen molar-refractivity contribution >= 4 is 11.9 Å². The number of carboxylic acid groups (broad SMARTS) is 2. The number of hydrogen-bond acceptors (Lipinski definition) is 2. The van der Waals surface area contributed by atoms with Crippen LogP contribution in [0.25, 0.3) is 0 Å². The molecular formula is C17H4F26O4. The summed E-state index contributed by atoms with van der Waals surface area (Å²) >= 11 is 0. The normalized spacial score (nSPS) is 16.0. The molecule has 0 heterocycles. The molecule has 2 N–H and O–H groups in total. The molecule has 0 aromatic rings. The third-order valence-electron chi connectivity index (χ3n) is 4.57. The highest BCUT2D eigenvalue weighted by Crippen LogP contribution is 2.62. The van der Waals surface area contributed by atoms with Crippen molar-refractivity contribution in [3.05, 3.63) is 23.8 Å². The molecule has 0 fully saturated rings. The van der Waals surface area contributed by atoms with E-state index in [-0.39, 0.29) is 0 Å². The van der Waals surface area contributed by atoms with Gasteiger partial charge in [0, 0.05) is 0 Å². The first-order chi connectivity index (χ1) is 19.9. The molecule has 278 valence electrons. The van der Waals surface area contributed by atoms with Gasteiger partial charge in [-0.1, -0.05) is 0 Å². The van der Waals surface area contributed by atoms with E-state index in [4.69, 9.17) is 10.2 Å². The summed E-state index contributed by atoms with van der Waals surface area (Å²) in [6, 6.07) is 0. The number of halogens is 26. The fraction of sp³-hybridized carbons (Fsp3) is 0.647. The Morgan fingerprint density at radius 1 is 0.340 bits per heavy atom. The lowest BCUT2D eigenvalue weighted by atomic mass is 9.93. The maximum absolute atomic E-state index is 12.9. The summed E-state index contributed by atoms with van der Waals surface area (Å²) in [4.78, 5) is 19.6. The molecule has 47 heavy (non-hydrogen) atoms. The van der Waals surface area contributed by atoms with Crippen molar-refractivity contribution in [3.63, 3.8) is 0 Å². The van der Waals surface area contributed by atoms with E-state index in [9.17, 15) is 124 Å². The van der Waals surface area contributed by atoms with E-state index < -0.39 is 101 Å². The van der Waals surface area contributed by atoms with Gasteiger partial charge in [0.05, 0.1) is 12.2 Å². The Morgan fingerprint density at radius 3 is 0.681 bits per heavy atom. The molecule has 0 atom stereocenters. The quantitative estimate of drug-likeness (QED) is 0.163. The van der Waals surface area contributed by atoms with Crippen molar-refractivity contribution in [2.24, 2.45) is 0 Å². The lowest BCUT2D eigenvalue weighted by Gasteiger charge is -2.39. The first-order valence-corrected chi connectivity index (χ1v) is 9.67. The number of allylic oxidation sites excluding steroid dienone is 2. The lowest BCUT2D eigenvalue weighted by Crippen LogP contribution is -2.70. The van der Waals surface area contributed by atoms with Gasteiger partial charge in [0.2, 0.25) is 0 Å². The fourth-order valence-corrected chi connectivity index (χ4v) is 2.04. The maximum Gasteiger partial charge on any atom is 0.460 e. The lowest BCUT2D eigenvalue weighted by molar-refractivity contribution is -0.437. The summed E-state index contributed by atoms with van der Waals surface area (Å²) < 4.78 is 324. The molecule has 0 aliphatic carbocycles. The van der Waals surface area contributed by atoms with E-state index in [2.05, 4.69) is 0 Å². The van der Waals surface area contributed by atoms with Crippen LogP contribution in [-0.2, 0) is 9.59 Å². The molecule has 30 heteroatoms. The molecule has 0 radical (unpaired) electrons. The summed E-state index contributed by atoms with van der Waals surface area (Å²) in [7, 11) is 0. The molecule has 0 aromatic heterocycles. The molecule has 0 saturated heterocycles. The first kappa shape index (κ1) is 45.7. The van der Waals surface area contributed by atoms with Gasteiger partial charge in [-0.05, 0) is 0 Å². The largest absolute Gasteiger partial charge is 0.478 e. The van der Waals surface area contributed by atoms with Gasteiger partial charge in [-0.3, -0.25) is 0 Å².